The summed E-state index contributed by atoms with van der Waals surface area (Å²) in [7, 11) is 1.21. The number of carbonyl (C=O) groups is 4. The van der Waals surface area contributed by atoms with Crippen molar-refractivity contribution in [2.24, 2.45) is 5.73 Å². The summed E-state index contributed by atoms with van der Waals surface area (Å²) in [5, 5.41) is 10.9. The standard InChI is InChI=1S/C14H16N2O6/c1-22-14(21)9-4-2-3-8(7-9)13(20)16-10(12(15)19)5-6-11(17)18/h2-4,7,10H,5-6H2,1H3,(H2,15,19)(H,16,20)(H,17,18)/t10-/m1/s1. The Kier molecular flexibility index (Phi) is 6.06. The van der Waals surface area contributed by atoms with E-state index in [2.05, 4.69) is 10.1 Å². The van der Waals surface area contributed by atoms with Crippen molar-refractivity contribution < 1.29 is 29.0 Å². The Morgan fingerprint density at radius 2 is 1.91 bits per heavy atom. The zero-order valence-corrected chi connectivity index (χ0v) is 11.9. The minimum atomic E-state index is -1.11. The van der Waals surface area contributed by atoms with Crippen LogP contribution in [0.25, 0.3) is 0 Å². The van der Waals surface area contributed by atoms with Crippen molar-refractivity contribution in [2.75, 3.05) is 7.11 Å². The number of rotatable bonds is 7. The van der Waals surface area contributed by atoms with Gasteiger partial charge in [0, 0.05) is 12.0 Å². The lowest BCUT2D eigenvalue weighted by Gasteiger charge is -2.14. The van der Waals surface area contributed by atoms with E-state index in [1.807, 2.05) is 0 Å². The van der Waals surface area contributed by atoms with Crippen molar-refractivity contribution in [3.8, 4) is 0 Å². The monoisotopic (exact) mass is 308 g/mol. The van der Waals surface area contributed by atoms with Gasteiger partial charge in [0.25, 0.3) is 5.91 Å². The first-order valence-electron chi connectivity index (χ1n) is 6.35. The first-order chi connectivity index (χ1) is 10.3. The molecule has 0 fully saturated rings. The van der Waals surface area contributed by atoms with Gasteiger partial charge in [-0.2, -0.15) is 0 Å². The van der Waals surface area contributed by atoms with E-state index in [1.165, 1.54) is 31.4 Å². The van der Waals surface area contributed by atoms with Crippen LogP contribution in [0.1, 0.15) is 33.6 Å². The van der Waals surface area contributed by atoms with Gasteiger partial charge in [0.05, 0.1) is 12.7 Å². The molecule has 2 amide bonds. The number of hydrogen-bond acceptors (Lipinski definition) is 5. The highest BCUT2D eigenvalue weighted by Crippen LogP contribution is 2.08. The number of benzene rings is 1. The highest BCUT2D eigenvalue weighted by atomic mass is 16.5. The van der Waals surface area contributed by atoms with Gasteiger partial charge in [-0.15, -0.1) is 0 Å². The third-order valence-corrected chi connectivity index (χ3v) is 2.84. The third kappa shape index (κ3) is 4.89. The Balaban J connectivity index is 2.83. The van der Waals surface area contributed by atoms with Crippen LogP contribution in [0.2, 0.25) is 0 Å². The SMILES string of the molecule is COC(=O)c1cccc(C(=O)N[C@H](CCC(=O)O)C(N)=O)c1. The largest absolute Gasteiger partial charge is 0.481 e. The van der Waals surface area contributed by atoms with Crippen molar-refractivity contribution in [1.82, 2.24) is 5.32 Å². The molecule has 8 nitrogen and oxygen atoms in total. The number of aliphatic carboxylic acids is 1. The lowest BCUT2D eigenvalue weighted by atomic mass is 10.1. The zero-order chi connectivity index (χ0) is 16.7. The van der Waals surface area contributed by atoms with E-state index >= 15 is 0 Å². The molecular formula is C14H16N2O6. The van der Waals surface area contributed by atoms with Gasteiger partial charge in [-0.1, -0.05) is 6.07 Å². The van der Waals surface area contributed by atoms with Crippen molar-refractivity contribution in [3.63, 3.8) is 0 Å². The summed E-state index contributed by atoms with van der Waals surface area (Å²) in [6.45, 7) is 0. The van der Waals surface area contributed by atoms with E-state index < -0.39 is 29.8 Å². The predicted octanol–water partition coefficient (Wildman–Crippen LogP) is -0.0783. The molecule has 118 valence electrons. The Morgan fingerprint density at radius 3 is 2.45 bits per heavy atom. The first-order valence-corrected chi connectivity index (χ1v) is 6.35. The summed E-state index contributed by atoms with van der Waals surface area (Å²) in [4.78, 5) is 45.2. The second-order valence-electron chi connectivity index (χ2n) is 4.43. The van der Waals surface area contributed by atoms with E-state index in [9.17, 15) is 19.2 Å². The van der Waals surface area contributed by atoms with E-state index in [0.717, 1.165) is 0 Å². The van der Waals surface area contributed by atoms with Crippen LogP contribution >= 0.6 is 0 Å². The van der Waals surface area contributed by atoms with Crippen LogP contribution in [0, 0.1) is 0 Å². The number of hydrogen-bond donors (Lipinski definition) is 3. The molecule has 8 heteroatoms. The maximum absolute atomic E-state index is 12.0. The molecule has 4 N–H and O–H groups in total. The Hall–Kier alpha value is -2.90. The van der Waals surface area contributed by atoms with Gasteiger partial charge in [-0.3, -0.25) is 14.4 Å². The van der Waals surface area contributed by atoms with Crippen LogP contribution in [-0.2, 0) is 14.3 Å². The lowest BCUT2D eigenvalue weighted by Crippen LogP contribution is -2.44. The van der Waals surface area contributed by atoms with E-state index in [0.29, 0.717) is 0 Å². The molecule has 0 unspecified atom stereocenters. The molecule has 0 radical (unpaired) electrons. The van der Waals surface area contributed by atoms with E-state index in [-0.39, 0.29) is 24.0 Å². The maximum atomic E-state index is 12.0. The molecule has 0 aliphatic rings. The number of nitrogens with two attached hydrogens (primary N) is 1. The number of ether oxygens (including phenoxy) is 1. The summed E-state index contributed by atoms with van der Waals surface area (Å²) < 4.78 is 4.55. The molecule has 0 bridgehead atoms. The van der Waals surface area contributed by atoms with Crippen molar-refractivity contribution >= 4 is 23.8 Å². The number of methoxy groups -OCH3 is 1. The number of carboxylic acid groups (broad SMARTS) is 1. The summed E-state index contributed by atoms with van der Waals surface area (Å²) >= 11 is 0. The smallest absolute Gasteiger partial charge is 0.337 e. The maximum Gasteiger partial charge on any atom is 0.337 e. The number of esters is 1. The van der Waals surface area contributed by atoms with Crippen molar-refractivity contribution in [2.45, 2.75) is 18.9 Å². The van der Waals surface area contributed by atoms with Gasteiger partial charge < -0.3 is 20.9 Å². The molecule has 1 atom stereocenters. The molecule has 1 aromatic rings. The van der Waals surface area contributed by atoms with Crippen LogP contribution < -0.4 is 11.1 Å². The molecule has 1 aromatic carbocycles. The second kappa shape index (κ2) is 7.77. The highest BCUT2D eigenvalue weighted by Gasteiger charge is 2.20. The van der Waals surface area contributed by atoms with Crippen LogP contribution in [0.15, 0.2) is 24.3 Å². The predicted molar refractivity (Wildman–Crippen MR) is 75.1 cm³/mol. The fraction of sp³-hybridized carbons (Fsp3) is 0.286. The third-order valence-electron chi connectivity index (χ3n) is 2.84. The molecule has 0 aliphatic heterocycles. The zero-order valence-electron chi connectivity index (χ0n) is 11.9. The minimum absolute atomic E-state index is 0.118. The molecule has 22 heavy (non-hydrogen) atoms. The van der Waals surface area contributed by atoms with Gasteiger partial charge in [-0.25, -0.2) is 4.79 Å². The highest BCUT2D eigenvalue weighted by molar-refractivity contribution is 5.99. The van der Waals surface area contributed by atoms with Crippen LogP contribution in [0.4, 0.5) is 0 Å². The minimum Gasteiger partial charge on any atom is -0.481 e. The summed E-state index contributed by atoms with van der Waals surface area (Å²) in [6.07, 6.45) is -0.427. The van der Waals surface area contributed by atoms with E-state index in [4.69, 9.17) is 10.8 Å². The summed E-state index contributed by atoms with van der Waals surface area (Å²) in [6, 6.07) is 4.59. The molecule has 1 rings (SSSR count). The average Bonchev–Trinajstić information content (AvgIpc) is 2.49. The van der Waals surface area contributed by atoms with Gasteiger partial charge in [0.1, 0.15) is 6.04 Å². The van der Waals surface area contributed by atoms with Gasteiger partial charge in [0.2, 0.25) is 5.91 Å². The van der Waals surface area contributed by atoms with Gasteiger partial charge >= 0.3 is 11.9 Å². The quantitative estimate of drug-likeness (QED) is 0.603. The molecule has 0 aromatic heterocycles. The Bertz CT molecular complexity index is 599. The Morgan fingerprint density at radius 1 is 1.27 bits per heavy atom. The molecular weight excluding hydrogens is 292 g/mol. The lowest BCUT2D eigenvalue weighted by molar-refractivity contribution is -0.137. The van der Waals surface area contributed by atoms with Crippen LogP contribution in [0.5, 0.6) is 0 Å². The Labute approximate surface area is 126 Å². The number of primary amides is 1. The first kappa shape index (κ1) is 17.2. The van der Waals surface area contributed by atoms with Crippen molar-refractivity contribution in [1.29, 1.82) is 0 Å². The number of carbonyl (C=O) groups excluding carboxylic acids is 3. The van der Waals surface area contributed by atoms with E-state index in [1.54, 1.807) is 0 Å². The molecule has 0 aliphatic carbocycles. The fourth-order valence-corrected chi connectivity index (χ4v) is 1.70. The van der Waals surface area contributed by atoms with Crippen molar-refractivity contribution in [3.05, 3.63) is 35.4 Å². The van der Waals surface area contributed by atoms with Crippen LogP contribution in [0.3, 0.4) is 0 Å². The van der Waals surface area contributed by atoms with Crippen LogP contribution in [-0.4, -0.2) is 42.0 Å². The number of carboxylic acids is 1. The van der Waals surface area contributed by atoms with Gasteiger partial charge in [-0.05, 0) is 24.6 Å². The molecule has 0 spiro atoms. The number of nitrogens with one attached hydrogen (secondary N) is 1. The summed E-state index contributed by atoms with van der Waals surface area (Å²) in [5.74, 6) is -3.18. The van der Waals surface area contributed by atoms with Gasteiger partial charge in [0.15, 0.2) is 0 Å². The fourth-order valence-electron chi connectivity index (χ4n) is 1.70. The second-order valence-corrected chi connectivity index (χ2v) is 4.43. The summed E-state index contributed by atoms with van der Waals surface area (Å²) in [5.41, 5.74) is 5.43. The topological polar surface area (TPSA) is 136 Å². The molecule has 0 saturated heterocycles. The molecule has 0 heterocycles. The molecule has 0 saturated carbocycles. The normalized spacial score (nSPS) is 11.3. The average molecular weight is 308 g/mol. The number of amides is 2.